The summed E-state index contributed by atoms with van der Waals surface area (Å²) >= 11 is 0. The van der Waals surface area contributed by atoms with Crippen LogP contribution in [0.25, 0.3) is 5.69 Å². The largest absolute Gasteiger partial charge is 0.481 e. The van der Waals surface area contributed by atoms with Crippen LogP contribution >= 0.6 is 0 Å². The maximum absolute atomic E-state index is 12.8. The van der Waals surface area contributed by atoms with Gasteiger partial charge in [-0.15, -0.1) is 0 Å². The molecule has 1 aliphatic rings. The lowest BCUT2D eigenvalue weighted by atomic mass is 9.90. The SMILES string of the molecule is C[C@@H]1[C@H](C(=O)O)CCCN1C(=O)c1ccc(-n2cncn2)c([N+](=O)[O-])c1. The number of nitro groups is 1. The van der Waals surface area contributed by atoms with Crippen LogP contribution in [0.2, 0.25) is 0 Å². The first kappa shape index (κ1) is 17.5. The lowest BCUT2D eigenvalue weighted by molar-refractivity contribution is -0.384. The van der Waals surface area contributed by atoms with Gasteiger partial charge < -0.3 is 10.0 Å². The first-order valence-electron chi connectivity index (χ1n) is 8.07. The standard InChI is InChI=1S/C16H17N5O5/c1-10-12(16(23)24)3-2-6-19(10)15(22)11-4-5-13(14(7-11)21(25)26)20-9-17-8-18-20/h4-5,7-10,12H,2-3,6H2,1H3,(H,23,24)/t10-,12-/m1/s1. The van der Waals surface area contributed by atoms with E-state index < -0.39 is 28.8 Å². The Bertz CT molecular complexity index is 851. The Morgan fingerprint density at radius 3 is 2.77 bits per heavy atom. The van der Waals surface area contributed by atoms with Crippen molar-refractivity contribution in [1.82, 2.24) is 19.7 Å². The number of carboxylic acid groups (broad SMARTS) is 1. The number of hydrogen-bond acceptors (Lipinski definition) is 6. The van der Waals surface area contributed by atoms with Gasteiger partial charge in [0, 0.05) is 24.2 Å². The zero-order valence-corrected chi connectivity index (χ0v) is 14.0. The smallest absolute Gasteiger partial charge is 0.308 e. The van der Waals surface area contributed by atoms with Crippen LogP contribution in [0.15, 0.2) is 30.9 Å². The first-order valence-corrected chi connectivity index (χ1v) is 8.07. The molecule has 0 aliphatic carbocycles. The third-order valence-corrected chi connectivity index (χ3v) is 4.65. The molecule has 0 spiro atoms. The second-order valence-corrected chi connectivity index (χ2v) is 6.13. The van der Waals surface area contributed by atoms with E-state index in [0.29, 0.717) is 19.4 Å². The van der Waals surface area contributed by atoms with Gasteiger partial charge in [-0.1, -0.05) is 0 Å². The molecule has 0 saturated carbocycles. The summed E-state index contributed by atoms with van der Waals surface area (Å²) in [5, 5.41) is 24.6. The van der Waals surface area contributed by atoms with Gasteiger partial charge in [0.15, 0.2) is 0 Å². The molecule has 1 saturated heterocycles. The molecule has 1 fully saturated rings. The average molecular weight is 359 g/mol. The Morgan fingerprint density at radius 1 is 1.38 bits per heavy atom. The fourth-order valence-corrected chi connectivity index (χ4v) is 3.25. The van der Waals surface area contributed by atoms with Crippen LogP contribution in [0.3, 0.4) is 0 Å². The van der Waals surface area contributed by atoms with E-state index >= 15 is 0 Å². The highest BCUT2D eigenvalue weighted by molar-refractivity contribution is 5.96. The first-order chi connectivity index (χ1) is 12.4. The number of nitrogens with zero attached hydrogens (tertiary/aromatic N) is 5. The zero-order valence-electron chi connectivity index (χ0n) is 14.0. The van der Waals surface area contributed by atoms with Crippen molar-refractivity contribution in [2.24, 2.45) is 5.92 Å². The minimum atomic E-state index is -0.942. The van der Waals surface area contributed by atoms with E-state index in [9.17, 15) is 24.8 Å². The van der Waals surface area contributed by atoms with Crippen LogP contribution < -0.4 is 0 Å². The Balaban J connectivity index is 1.94. The summed E-state index contributed by atoms with van der Waals surface area (Å²) < 4.78 is 1.25. The molecule has 0 radical (unpaired) electrons. The molecule has 10 nitrogen and oxygen atoms in total. The lowest BCUT2D eigenvalue weighted by Gasteiger charge is -2.37. The van der Waals surface area contributed by atoms with Gasteiger partial charge in [0.05, 0.1) is 10.8 Å². The van der Waals surface area contributed by atoms with Gasteiger partial charge in [-0.25, -0.2) is 9.67 Å². The summed E-state index contributed by atoms with van der Waals surface area (Å²) in [6, 6.07) is 3.62. The number of carbonyl (C=O) groups excluding carboxylic acids is 1. The molecule has 2 aromatic rings. The van der Waals surface area contributed by atoms with Crippen LogP contribution in [-0.2, 0) is 4.79 Å². The molecular weight excluding hydrogens is 342 g/mol. The fraction of sp³-hybridized carbons (Fsp3) is 0.375. The van der Waals surface area contributed by atoms with Crippen LogP contribution in [0.5, 0.6) is 0 Å². The maximum atomic E-state index is 12.8. The number of hydrogen-bond donors (Lipinski definition) is 1. The topological polar surface area (TPSA) is 131 Å². The number of benzene rings is 1. The molecule has 3 rings (SSSR count). The normalized spacial score (nSPS) is 20.0. The van der Waals surface area contributed by atoms with Crippen molar-refractivity contribution in [2.75, 3.05) is 6.54 Å². The molecule has 0 bridgehead atoms. The molecule has 1 aromatic carbocycles. The van der Waals surface area contributed by atoms with Crippen molar-refractivity contribution >= 4 is 17.6 Å². The number of aliphatic carboxylic acids is 1. The number of likely N-dealkylation sites (tertiary alicyclic amines) is 1. The van der Waals surface area contributed by atoms with Gasteiger partial charge in [0.2, 0.25) is 0 Å². The number of carbonyl (C=O) groups is 2. The summed E-state index contributed by atoms with van der Waals surface area (Å²) in [5.41, 5.74) is 0.0541. The van der Waals surface area contributed by atoms with E-state index in [1.807, 2.05) is 0 Å². The van der Waals surface area contributed by atoms with Crippen molar-refractivity contribution in [3.05, 3.63) is 46.5 Å². The van der Waals surface area contributed by atoms with Crippen LogP contribution in [-0.4, -0.2) is 54.2 Å². The summed E-state index contributed by atoms with van der Waals surface area (Å²) in [6.07, 6.45) is 3.66. The van der Waals surface area contributed by atoms with Gasteiger partial charge >= 0.3 is 5.97 Å². The third kappa shape index (κ3) is 3.13. The van der Waals surface area contributed by atoms with Crippen molar-refractivity contribution in [1.29, 1.82) is 0 Å². The van der Waals surface area contributed by atoms with Gasteiger partial charge in [-0.3, -0.25) is 19.7 Å². The second-order valence-electron chi connectivity index (χ2n) is 6.13. The highest BCUT2D eigenvalue weighted by Gasteiger charge is 2.36. The molecule has 2 heterocycles. The summed E-state index contributed by atoms with van der Waals surface area (Å²) in [5.74, 6) is -2.00. The predicted octanol–water partition coefficient (Wildman–Crippen LogP) is 1.50. The summed E-state index contributed by atoms with van der Waals surface area (Å²) in [6.45, 7) is 2.11. The number of amides is 1. The zero-order chi connectivity index (χ0) is 18.8. The highest BCUT2D eigenvalue weighted by atomic mass is 16.6. The van der Waals surface area contributed by atoms with Crippen molar-refractivity contribution in [2.45, 2.75) is 25.8 Å². The quantitative estimate of drug-likeness (QED) is 0.646. The Hall–Kier alpha value is -3.30. The molecule has 0 unspecified atom stereocenters. The third-order valence-electron chi connectivity index (χ3n) is 4.65. The molecular formula is C16H17N5O5. The number of carboxylic acids is 1. The van der Waals surface area contributed by atoms with Crippen LogP contribution in [0.4, 0.5) is 5.69 Å². The molecule has 136 valence electrons. The summed E-state index contributed by atoms with van der Waals surface area (Å²) in [4.78, 5) is 40.2. The number of rotatable bonds is 4. The van der Waals surface area contributed by atoms with Gasteiger partial charge in [0.1, 0.15) is 18.3 Å². The maximum Gasteiger partial charge on any atom is 0.308 e. The lowest BCUT2D eigenvalue weighted by Crippen LogP contribution is -2.49. The monoisotopic (exact) mass is 359 g/mol. The van der Waals surface area contributed by atoms with Gasteiger partial charge in [-0.05, 0) is 31.9 Å². The minimum absolute atomic E-state index is 0.137. The van der Waals surface area contributed by atoms with Crippen LogP contribution in [0, 0.1) is 16.0 Å². The minimum Gasteiger partial charge on any atom is -0.481 e. The van der Waals surface area contributed by atoms with E-state index in [2.05, 4.69) is 10.1 Å². The van der Waals surface area contributed by atoms with E-state index in [0.717, 1.165) is 0 Å². The molecule has 1 amide bonds. The van der Waals surface area contributed by atoms with Gasteiger partial charge in [0.25, 0.3) is 11.6 Å². The van der Waals surface area contributed by atoms with Crippen molar-refractivity contribution in [3.8, 4) is 5.69 Å². The molecule has 10 heteroatoms. The number of aromatic nitrogens is 3. The number of nitro benzene ring substituents is 1. The fourth-order valence-electron chi connectivity index (χ4n) is 3.25. The van der Waals surface area contributed by atoms with E-state index in [4.69, 9.17) is 0 Å². The predicted molar refractivity (Wildman–Crippen MR) is 88.9 cm³/mol. The van der Waals surface area contributed by atoms with Crippen molar-refractivity contribution < 1.29 is 19.6 Å². The summed E-state index contributed by atoms with van der Waals surface area (Å²) in [7, 11) is 0. The van der Waals surface area contributed by atoms with E-state index in [-0.39, 0.29) is 16.9 Å². The average Bonchev–Trinajstić information content (AvgIpc) is 3.15. The highest BCUT2D eigenvalue weighted by Crippen LogP contribution is 2.28. The molecule has 1 aliphatic heterocycles. The Morgan fingerprint density at radius 2 is 2.15 bits per heavy atom. The Kier molecular flexibility index (Phi) is 4.65. The second kappa shape index (κ2) is 6.90. The molecule has 1 N–H and O–H groups in total. The van der Waals surface area contributed by atoms with E-state index in [1.165, 1.54) is 40.4 Å². The van der Waals surface area contributed by atoms with E-state index in [1.54, 1.807) is 6.92 Å². The Labute approximate surface area is 148 Å². The van der Waals surface area contributed by atoms with Crippen molar-refractivity contribution in [3.63, 3.8) is 0 Å². The molecule has 2 atom stereocenters. The van der Waals surface area contributed by atoms with Crippen LogP contribution in [0.1, 0.15) is 30.1 Å². The molecule has 26 heavy (non-hydrogen) atoms. The van der Waals surface area contributed by atoms with Gasteiger partial charge in [-0.2, -0.15) is 5.10 Å². The molecule has 1 aromatic heterocycles. The number of piperidine rings is 1.